The molecule has 1 radical (unpaired) electrons. The van der Waals surface area contributed by atoms with Crippen molar-refractivity contribution in [1.82, 2.24) is 0 Å². The Morgan fingerprint density at radius 2 is 1.80 bits per heavy atom. The van der Waals surface area contributed by atoms with Crippen molar-refractivity contribution in [3.8, 4) is 0 Å². The predicted octanol–water partition coefficient (Wildman–Crippen LogP) is 1.07. The SMILES string of the molecule is [B]1C2CCC12. The minimum Gasteiger partial charge on any atom is -0.0728 e. The Balaban J connectivity index is 2.19. The zero-order valence-corrected chi connectivity index (χ0v) is 3.15. The van der Waals surface area contributed by atoms with Crippen LogP contribution in [-0.2, 0) is 0 Å². The molecule has 5 heavy (non-hydrogen) atoms. The van der Waals surface area contributed by atoms with Crippen LogP contribution < -0.4 is 0 Å². The minimum atomic E-state index is 1.11. The maximum absolute atomic E-state index is 2.44. The summed E-state index contributed by atoms with van der Waals surface area (Å²) in [5.74, 6) is 2.21. The van der Waals surface area contributed by atoms with Crippen molar-refractivity contribution in [3.63, 3.8) is 0 Å². The van der Waals surface area contributed by atoms with Gasteiger partial charge in [-0.25, -0.2) is 0 Å². The van der Waals surface area contributed by atoms with E-state index in [1.54, 1.807) is 0 Å². The Morgan fingerprint density at radius 3 is 1.80 bits per heavy atom. The van der Waals surface area contributed by atoms with Gasteiger partial charge in [0, 0.05) is 0 Å². The first-order valence-electron chi connectivity index (χ1n) is 2.32. The molecule has 0 N–H and O–H groups in total. The molecule has 0 aromatic carbocycles. The van der Waals surface area contributed by atoms with Crippen molar-refractivity contribution in [2.45, 2.75) is 24.5 Å². The molecule has 2 rings (SSSR count). The van der Waals surface area contributed by atoms with E-state index in [2.05, 4.69) is 7.28 Å². The lowest BCUT2D eigenvalue weighted by Gasteiger charge is -2.06. The molecule has 1 heterocycles. The summed E-state index contributed by atoms with van der Waals surface area (Å²) in [6.07, 6.45) is 3.01. The monoisotopic (exact) mass is 65.1 g/mol. The van der Waals surface area contributed by atoms with E-state index in [0.29, 0.717) is 0 Å². The molecule has 1 saturated heterocycles. The van der Waals surface area contributed by atoms with E-state index in [4.69, 9.17) is 0 Å². The van der Waals surface area contributed by atoms with Crippen LogP contribution in [0, 0.1) is 0 Å². The molecule has 25 valence electrons. The highest BCUT2D eigenvalue weighted by atomic mass is 14.3. The summed E-state index contributed by atoms with van der Waals surface area (Å²) in [6, 6.07) is 0. The summed E-state index contributed by atoms with van der Waals surface area (Å²) in [7, 11) is 2.44. The lowest BCUT2D eigenvalue weighted by Crippen LogP contribution is -1.82. The molecular weight excluding hydrogens is 58.9 g/mol. The van der Waals surface area contributed by atoms with Crippen LogP contribution in [0.5, 0.6) is 0 Å². The zero-order chi connectivity index (χ0) is 3.28. The first-order valence-corrected chi connectivity index (χ1v) is 2.32. The molecule has 0 spiro atoms. The Kier molecular flexibility index (Phi) is 0.211. The second-order valence-corrected chi connectivity index (χ2v) is 2.10. The third-order valence-corrected chi connectivity index (χ3v) is 1.74. The largest absolute Gasteiger partial charge is 0.116 e. The molecule has 0 aromatic rings. The van der Waals surface area contributed by atoms with Gasteiger partial charge in [0.25, 0.3) is 0 Å². The molecule has 0 aromatic heterocycles. The van der Waals surface area contributed by atoms with Crippen LogP contribution in [0.3, 0.4) is 0 Å². The van der Waals surface area contributed by atoms with Crippen LogP contribution >= 0.6 is 0 Å². The van der Waals surface area contributed by atoms with Crippen molar-refractivity contribution in [3.05, 3.63) is 0 Å². The molecule has 2 fully saturated rings. The molecule has 0 nitrogen and oxygen atoms in total. The summed E-state index contributed by atoms with van der Waals surface area (Å²) in [6.45, 7) is 0. The Hall–Kier alpha value is 0.0649. The normalized spacial score (nSPS) is 56.0. The van der Waals surface area contributed by atoms with Crippen LogP contribution in [0.4, 0.5) is 0 Å². The molecule has 1 aliphatic heterocycles. The number of fused-ring (bicyclic) bond motifs is 1. The van der Waals surface area contributed by atoms with E-state index in [0.717, 1.165) is 11.6 Å². The Labute approximate surface area is 32.8 Å². The number of hydrogen-bond acceptors (Lipinski definition) is 0. The molecule has 1 heteroatoms. The zero-order valence-electron chi connectivity index (χ0n) is 3.15. The van der Waals surface area contributed by atoms with Gasteiger partial charge in [0.2, 0.25) is 0 Å². The average molecular weight is 64.9 g/mol. The highest BCUT2D eigenvalue weighted by Gasteiger charge is 2.45. The van der Waals surface area contributed by atoms with E-state index in [1.165, 1.54) is 12.8 Å². The molecule has 0 amide bonds. The fourth-order valence-corrected chi connectivity index (χ4v) is 0.997. The first-order chi connectivity index (χ1) is 2.47. The molecule has 2 unspecified atom stereocenters. The molecule has 0 bridgehead atoms. The summed E-state index contributed by atoms with van der Waals surface area (Å²) in [5.41, 5.74) is 0. The Morgan fingerprint density at radius 1 is 1.20 bits per heavy atom. The molecular formula is C4H6B. The van der Waals surface area contributed by atoms with Gasteiger partial charge >= 0.3 is 0 Å². The van der Waals surface area contributed by atoms with Crippen molar-refractivity contribution in [2.75, 3.05) is 0 Å². The van der Waals surface area contributed by atoms with Gasteiger partial charge in [-0.15, -0.1) is 0 Å². The van der Waals surface area contributed by atoms with Crippen LogP contribution in [0.15, 0.2) is 0 Å². The van der Waals surface area contributed by atoms with Crippen molar-refractivity contribution in [1.29, 1.82) is 0 Å². The summed E-state index contributed by atoms with van der Waals surface area (Å²) >= 11 is 0. The number of rotatable bonds is 0. The third kappa shape index (κ3) is 0.142. The second-order valence-electron chi connectivity index (χ2n) is 2.10. The first kappa shape index (κ1) is 2.28. The molecule has 2 aliphatic rings. The van der Waals surface area contributed by atoms with Gasteiger partial charge < -0.3 is 0 Å². The average Bonchev–Trinajstić information content (AvgIpc) is 1.74. The highest BCUT2D eigenvalue weighted by molar-refractivity contribution is 6.55. The van der Waals surface area contributed by atoms with Gasteiger partial charge in [-0.3, -0.25) is 0 Å². The van der Waals surface area contributed by atoms with Gasteiger partial charge in [-0.1, -0.05) is 24.5 Å². The Bertz CT molecular complexity index is 48.7. The fraction of sp³-hybridized carbons (Fsp3) is 1.00. The predicted molar refractivity (Wildman–Crippen MR) is 22.5 cm³/mol. The molecule has 2 atom stereocenters. The maximum atomic E-state index is 2.44. The van der Waals surface area contributed by atoms with Crippen LogP contribution in [0.25, 0.3) is 0 Å². The summed E-state index contributed by atoms with van der Waals surface area (Å²) in [4.78, 5) is 0. The van der Waals surface area contributed by atoms with Crippen LogP contribution in [-0.4, -0.2) is 7.28 Å². The quantitative estimate of drug-likeness (QED) is 0.370. The van der Waals surface area contributed by atoms with Crippen LogP contribution in [0.1, 0.15) is 12.8 Å². The van der Waals surface area contributed by atoms with Crippen LogP contribution in [0.2, 0.25) is 11.6 Å². The van der Waals surface area contributed by atoms with Crippen molar-refractivity contribution in [2.24, 2.45) is 0 Å². The standard InChI is InChI=1S/C4H6B/c1-2-4-3(1)5-4/h3-4H,1-2H2. The highest BCUT2D eigenvalue weighted by Crippen LogP contribution is 2.59. The second kappa shape index (κ2) is 0.465. The number of hydrogen-bond donors (Lipinski definition) is 0. The summed E-state index contributed by atoms with van der Waals surface area (Å²) in [5, 5.41) is 0. The molecule has 1 saturated carbocycles. The fourth-order valence-electron chi connectivity index (χ4n) is 0.997. The van der Waals surface area contributed by atoms with Crippen molar-refractivity contribution >= 4 is 7.28 Å². The van der Waals surface area contributed by atoms with E-state index in [-0.39, 0.29) is 0 Å². The lowest BCUT2D eigenvalue weighted by molar-refractivity contribution is 0.594. The van der Waals surface area contributed by atoms with Gasteiger partial charge in [-0.2, -0.15) is 0 Å². The van der Waals surface area contributed by atoms with Gasteiger partial charge in [0.1, 0.15) is 7.28 Å². The van der Waals surface area contributed by atoms with Gasteiger partial charge in [0.05, 0.1) is 0 Å². The van der Waals surface area contributed by atoms with E-state index < -0.39 is 0 Å². The molecule has 1 aliphatic carbocycles. The third-order valence-electron chi connectivity index (χ3n) is 1.74. The van der Waals surface area contributed by atoms with Gasteiger partial charge in [-0.05, 0) is 0 Å². The van der Waals surface area contributed by atoms with Gasteiger partial charge in [0.15, 0.2) is 0 Å². The van der Waals surface area contributed by atoms with E-state index in [1.807, 2.05) is 0 Å². The van der Waals surface area contributed by atoms with E-state index in [9.17, 15) is 0 Å². The maximum Gasteiger partial charge on any atom is 0.116 e. The summed E-state index contributed by atoms with van der Waals surface area (Å²) < 4.78 is 0. The lowest BCUT2D eigenvalue weighted by atomic mass is 10.0. The van der Waals surface area contributed by atoms with E-state index >= 15 is 0 Å². The topological polar surface area (TPSA) is 0 Å². The smallest absolute Gasteiger partial charge is 0.0728 e. The minimum absolute atomic E-state index is 1.11. The van der Waals surface area contributed by atoms with Crippen molar-refractivity contribution < 1.29 is 0 Å².